The second-order valence-electron chi connectivity index (χ2n) is 4.63. The van der Waals surface area contributed by atoms with Crippen LogP contribution in [0.3, 0.4) is 0 Å². The number of rotatable bonds is 1. The maximum atomic E-state index is 11.7. The highest BCUT2D eigenvalue weighted by atomic mass is 16.2. The van der Waals surface area contributed by atoms with Crippen LogP contribution in [0, 0.1) is 11.3 Å². The number of nitrogens with zero attached hydrogens (tertiary/aromatic N) is 3. The molecular weight excluding hydrogens is 178 g/mol. The van der Waals surface area contributed by atoms with Gasteiger partial charge in [-0.15, -0.1) is 0 Å². The van der Waals surface area contributed by atoms with Crippen molar-refractivity contribution in [2.75, 3.05) is 0 Å². The molecule has 14 heavy (non-hydrogen) atoms. The highest BCUT2D eigenvalue weighted by molar-refractivity contribution is 5.83. The first kappa shape index (κ1) is 9.53. The molecule has 0 N–H and O–H groups in total. The summed E-state index contributed by atoms with van der Waals surface area (Å²) in [6.45, 7) is 0. The maximum Gasteiger partial charge on any atom is 0.225 e. The molecule has 0 aromatic carbocycles. The Morgan fingerprint density at radius 1 is 1.36 bits per heavy atom. The molecule has 2 saturated carbocycles. The van der Waals surface area contributed by atoms with Crippen molar-refractivity contribution >= 4 is 5.91 Å². The molecule has 0 spiro atoms. The van der Waals surface area contributed by atoms with Crippen LogP contribution < -0.4 is 0 Å². The van der Waals surface area contributed by atoms with E-state index in [0.29, 0.717) is 5.92 Å². The van der Waals surface area contributed by atoms with Gasteiger partial charge in [0.15, 0.2) is 0 Å². The maximum absolute atomic E-state index is 11.7. The van der Waals surface area contributed by atoms with Crippen molar-refractivity contribution in [1.29, 1.82) is 0 Å². The van der Waals surface area contributed by atoms with Crippen molar-refractivity contribution in [3.05, 3.63) is 10.4 Å². The third-order valence-corrected chi connectivity index (χ3v) is 3.80. The lowest BCUT2D eigenvalue weighted by molar-refractivity contribution is -0.132. The Hall–Kier alpha value is -1.02. The molecule has 0 aromatic rings. The third-order valence-electron chi connectivity index (χ3n) is 3.80. The highest BCUT2D eigenvalue weighted by Gasteiger charge is 2.43. The van der Waals surface area contributed by atoms with Gasteiger partial charge in [-0.1, -0.05) is 25.7 Å². The molecule has 2 bridgehead atoms. The smallest absolute Gasteiger partial charge is 0.225 e. The van der Waals surface area contributed by atoms with Crippen LogP contribution >= 0.6 is 0 Å². The van der Waals surface area contributed by atoms with E-state index in [2.05, 4.69) is 10.0 Å². The monoisotopic (exact) mass is 193 g/mol. The Kier molecular flexibility index (Phi) is 2.46. The van der Waals surface area contributed by atoms with Crippen molar-refractivity contribution in [3.63, 3.8) is 0 Å². The van der Waals surface area contributed by atoms with Gasteiger partial charge >= 0.3 is 0 Å². The fourth-order valence-corrected chi connectivity index (χ4v) is 3.14. The Morgan fingerprint density at radius 2 is 2.00 bits per heavy atom. The molecular formula is C10H15N3O. The van der Waals surface area contributed by atoms with Gasteiger partial charge in [0.2, 0.25) is 5.91 Å². The Morgan fingerprint density at radius 3 is 2.57 bits per heavy atom. The van der Waals surface area contributed by atoms with E-state index < -0.39 is 0 Å². The molecule has 2 fully saturated rings. The summed E-state index contributed by atoms with van der Waals surface area (Å²) in [5.41, 5.74) is 8.03. The van der Waals surface area contributed by atoms with E-state index in [1.165, 1.54) is 12.8 Å². The molecule has 4 nitrogen and oxygen atoms in total. The Balaban J connectivity index is 2.19. The molecule has 0 unspecified atom stereocenters. The summed E-state index contributed by atoms with van der Waals surface area (Å²) < 4.78 is 0. The number of azide groups is 1. The molecule has 2 aliphatic carbocycles. The summed E-state index contributed by atoms with van der Waals surface area (Å²) in [6.07, 6.45) is 7.58. The zero-order chi connectivity index (χ0) is 10.0. The minimum Gasteiger partial charge on any atom is -0.292 e. The van der Waals surface area contributed by atoms with Crippen LogP contribution in [0.2, 0.25) is 0 Å². The molecule has 4 heteroatoms. The predicted molar refractivity (Wildman–Crippen MR) is 52.4 cm³/mol. The summed E-state index contributed by atoms with van der Waals surface area (Å²) in [4.78, 5) is 14.3. The lowest BCUT2D eigenvalue weighted by Crippen LogP contribution is -2.38. The first-order valence-corrected chi connectivity index (χ1v) is 5.36. The summed E-state index contributed by atoms with van der Waals surface area (Å²) >= 11 is 0. The van der Waals surface area contributed by atoms with Crippen molar-refractivity contribution in [2.24, 2.45) is 16.4 Å². The molecule has 0 saturated heterocycles. The largest absolute Gasteiger partial charge is 0.292 e. The minimum atomic E-state index is -0.270. The number of carbonyl (C=O) groups excluding carboxylic acids is 1. The standard InChI is InChI=1S/C10H15N3O/c11-13-12-9(14)10-5-1-3-8(7-10)4-2-6-10/h8H,1-7H2. The van der Waals surface area contributed by atoms with Crippen LogP contribution in [0.25, 0.3) is 10.4 Å². The summed E-state index contributed by atoms with van der Waals surface area (Å²) in [7, 11) is 0. The van der Waals surface area contributed by atoms with Gasteiger partial charge in [0.25, 0.3) is 0 Å². The van der Waals surface area contributed by atoms with Crippen molar-refractivity contribution < 1.29 is 4.79 Å². The molecule has 2 aliphatic rings. The number of hydrogen-bond acceptors (Lipinski definition) is 1. The van der Waals surface area contributed by atoms with Crippen molar-refractivity contribution in [3.8, 4) is 0 Å². The SMILES string of the molecule is [N-]=[N+]=NC(=O)C12CCCC(CCC1)C2. The summed E-state index contributed by atoms with van der Waals surface area (Å²) in [5, 5.41) is 3.30. The van der Waals surface area contributed by atoms with Crippen molar-refractivity contribution in [2.45, 2.75) is 44.9 Å². The average molecular weight is 193 g/mol. The molecule has 0 aliphatic heterocycles. The first-order valence-electron chi connectivity index (χ1n) is 5.36. The van der Waals surface area contributed by atoms with Crippen LogP contribution in [0.4, 0.5) is 0 Å². The van der Waals surface area contributed by atoms with Crippen LogP contribution in [-0.4, -0.2) is 5.91 Å². The van der Waals surface area contributed by atoms with E-state index >= 15 is 0 Å². The topological polar surface area (TPSA) is 65.8 Å². The molecule has 0 atom stereocenters. The van der Waals surface area contributed by atoms with Gasteiger partial charge < -0.3 is 0 Å². The van der Waals surface area contributed by atoms with E-state index in [0.717, 1.165) is 32.1 Å². The van der Waals surface area contributed by atoms with Gasteiger partial charge in [0.05, 0.1) is 0 Å². The highest BCUT2D eigenvalue weighted by Crippen LogP contribution is 2.49. The Bertz CT molecular complexity index is 284. The van der Waals surface area contributed by atoms with Crippen LogP contribution in [0.1, 0.15) is 44.9 Å². The Labute approximate surface area is 83.3 Å². The van der Waals surface area contributed by atoms with Crippen molar-refractivity contribution in [1.82, 2.24) is 0 Å². The predicted octanol–water partition coefficient (Wildman–Crippen LogP) is 3.18. The molecule has 0 heterocycles. The lowest BCUT2D eigenvalue weighted by atomic mass is 9.62. The lowest BCUT2D eigenvalue weighted by Gasteiger charge is -2.43. The van der Waals surface area contributed by atoms with Crippen LogP contribution in [0.5, 0.6) is 0 Å². The number of fused-ring (bicyclic) bond motifs is 2. The van der Waals surface area contributed by atoms with Crippen LogP contribution in [-0.2, 0) is 4.79 Å². The zero-order valence-electron chi connectivity index (χ0n) is 8.28. The fourth-order valence-electron chi connectivity index (χ4n) is 3.14. The third kappa shape index (κ3) is 1.50. The quantitative estimate of drug-likeness (QED) is 0.358. The second kappa shape index (κ2) is 3.62. The van der Waals surface area contributed by atoms with Gasteiger partial charge in [-0.05, 0) is 35.8 Å². The number of hydrogen-bond donors (Lipinski definition) is 0. The molecule has 76 valence electrons. The number of carbonyl (C=O) groups is 1. The molecule has 0 aromatic heterocycles. The molecule has 1 amide bonds. The van der Waals surface area contributed by atoms with E-state index in [1.54, 1.807) is 0 Å². The molecule has 2 rings (SSSR count). The zero-order valence-corrected chi connectivity index (χ0v) is 8.28. The van der Waals surface area contributed by atoms with Crippen LogP contribution in [0.15, 0.2) is 5.11 Å². The van der Waals surface area contributed by atoms with Gasteiger partial charge in [0, 0.05) is 10.3 Å². The van der Waals surface area contributed by atoms with E-state index in [4.69, 9.17) is 5.53 Å². The summed E-state index contributed by atoms with van der Waals surface area (Å²) in [6, 6.07) is 0. The van der Waals surface area contributed by atoms with E-state index in [1.807, 2.05) is 0 Å². The normalized spacial score (nSPS) is 35.9. The van der Waals surface area contributed by atoms with E-state index in [9.17, 15) is 4.79 Å². The van der Waals surface area contributed by atoms with Gasteiger partial charge in [-0.2, -0.15) is 0 Å². The van der Waals surface area contributed by atoms with E-state index in [-0.39, 0.29) is 11.3 Å². The first-order chi connectivity index (χ1) is 6.77. The van der Waals surface area contributed by atoms with Gasteiger partial charge in [-0.3, -0.25) is 4.79 Å². The minimum absolute atomic E-state index is 0.204. The number of amides is 1. The molecule has 0 radical (unpaired) electrons. The average Bonchev–Trinajstić information content (AvgIpc) is 2.18. The second-order valence-corrected chi connectivity index (χ2v) is 4.63. The fraction of sp³-hybridized carbons (Fsp3) is 0.900. The van der Waals surface area contributed by atoms with Gasteiger partial charge in [0.1, 0.15) is 0 Å². The summed E-state index contributed by atoms with van der Waals surface area (Å²) in [5.74, 6) is 0.500. The van der Waals surface area contributed by atoms with Gasteiger partial charge in [-0.25, -0.2) is 0 Å².